The first-order valence-corrected chi connectivity index (χ1v) is 8.33. The van der Waals surface area contributed by atoms with Gasteiger partial charge in [-0.15, -0.1) is 0 Å². The second-order valence-corrected chi connectivity index (χ2v) is 6.17. The molecule has 0 saturated carbocycles. The van der Waals surface area contributed by atoms with Crippen molar-refractivity contribution in [3.63, 3.8) is 0 Å². The zero-order valence-corrected chi connectivity index (χ0v) is 13.7. The minimum Gasteiger partial charge on any atom is -0.455 e. The topological polar surface area (TPSA) is 61.8 Å². The molecule has 0 spiro atoms. The van der Waals surface area contributed by atoms with Gasteiger partial charge in [0, 0.05) is 5.56 Å². The Labute approximate surface area is 145 Å². The number of rotatable bonds is 4. The lowest BCUT2D eigenvalue weighted by Crippen LogP contribution is -2.37. The third-order valence-corrected chi connectivity index (χ3v) is 4.54. The van der Waals surface area contributed by atoms with Gasteiger partial charge in [-0.25, -0.2) is 4.79 Å². The second-order valence-electron chi connectivity index (χ2n) is 6.17. The highest BCUT2D eigenvalue weighted by molar-refractivity contribution is 5.99. The summed E-state index contributed by atoms with van der Waals surface area (Å²) in [5, 5.41) is 0. The van der Waals surface area contributed by atoms with Gasteiger partial charge in [-0.05, 0) is 34.7 Å². The number of benzene rings is 2. The summed E-state index contributed by atoms with van der Waals surface area (Å²) in [5.41, 5.74) is 5.33. The summed E-state index contributed by atoms with van der Waals surface area (Å²) in [6, 6.07) is 13.9. The first-order valence-electron chi connectivity index (χ1n) is 8.33. The average molecular weight is 338 g/mol. The summed E-state index contributed by atoms with van der Waals surface area (Å²) in [7, 11) is 0. The lowest BCUT2D eigenvalue weighted by Gasteiger charge is -2.21. The van der Waals surface area contributed by atoms with Gasteiger partial charge in [0.2, 0.25) is 0 Å². The summed E-state index contributed by atoms with van der Waals surface area (Å²) in [4.78, 5) is 24.2. The molecule has 5 nitrogen and oxygen atoms in total. The van der Waals surface area contributed by atoms with Gasteiger partial charge < -0.3 is 14.2 Å². The van der Waals surface area contributed by atoms with Crippen LogP contribution in [-0.2, 0) is 25.4 Å². The molecule has 1 aliphatic carbocycles. The Hall–Kier alpha value is -2.50. The predicted molar refractivity (Wildman–Crippen MR) is 90.5 cm³/mol. The molecule has 2 aliphatic rings. The molecule has 1 unspecified atom stereocenters. The standard InChI is InChI=1S/C20H18O5/c21-18(11-25-20(22)19-12-23-7-8-24-19)14-5-6-17-15(10-14)9-13-3-1-2-4-16(13)17/h1-6,10,19H,7-9,11-12H2. The average Bonchev–Trinajstić information content (AvgIpc) is 3.04. The SMILES string of the molecule is O=C(COC(=O)C1COCCO1)c1ccc2c(c1)Cc1ccccc1-2. The van der Waals surface area contributed by atoms with Crippen LogP contribution in [0.5, 0.6) is 0 Å². The molecule has 5 heteroatoms. The maximum atomic E-state index is 12.4. The van der Waals surface area contributed by atoms with Crippen molar-refractivity contribution in [2.75, 3.05) is 26.4 Å². The Kier molecular flexibility index (Phi) is 4.34. The molecule has 4 rings (SSSR count). The maximum absolute atomic E-state index is 12.4. The molecule has 1 aliphatic heterocycles. The van der Waals surface area contributed by atoms with Crippen LogP contribution in [0, 0.1) is 0 Å². The van der Waals surface area contributed by atoms with E-state index in [1.165, 1.54) is 11.1 Å². The number of hydrogen-bond donors (Lipinski definition) is 0. The minimum absolute atomic E-state index is 0.171. The third kappa shape index (κ3) is 3.21. The lowest BCUT2D eigenvalue weighted by atomic mass is 10.0. The summed E-state index contributed by atoms with van der Waals surface area (Å²) in [5.74, 6) is -0.773. The van der Waals surface area contributed by atoms with E-state index < -0.39 is 12.1 Å². The molecule has 0 amide bonds. The van der Waals surface area contributed by atoms with Crippen molar-refractivity contribution < 1.29 is 23.8 Å². The molecule has 128 valence electrons. The molecule has 1 saturated heterocycles. The zero-order chi connectivity index (χ0) is 17.2. The van der Waals surface area contributed by atoms with Crippen LogP contribution in [0.15, 0.2) is 42.5 Å². The fourth-order valence-corrected chi connectivity index (χ4v) is 3.26. The van der Waals surface area contributed by atoms with Crippen molar-refractivity contribution in [1.82, 2.24) is 0 Å². The van der Waals surface area contributed by atoms with Gasteiger partial charge in [-0.3, -0.25) is 4.79 Å². The number of carbonyl (C=O) groups is 2. The van der Waals surface area contributed by atoms with Gasteiger partial charge in [-0.2, -0.15) is 0 Å². The van der Waals surface area contributed by atoms with Crippen LogP contribution in [0.4, 0.5) is 0 Å². The van der Waals surface area contributed by atoms with Crippen LogP contribution in [0.3, 0.4) is 0 Å². The second kappa shape index (κ2) is 6.78. The Morgan fingerprint density at radius 3 is 2.72 bits per heavy atom. The Bertz CT molecular complexity index is 821. The fraction of sp³-hybridized carbons (Fsp3) is 0.300. The monoisotopic (exact) mass is 338 g/mol. The molecule has 25 heavy (non-hydrogen) atoms. The van der Waals surface area contributed by atoms with Crippen molar-refractivity contribution in [3.8, 4) is 11.1 Å². The molecule has 1 heterocycles. The van der Waals surface area contributed by atoms with Crippen molar-refractivity contribution in [1.29, 1.82) is 0 Å². The number of carbonyl (C=O) groups excluding carboxylic acids is 2. The zero-order valence-electron chi connectivity index (χ0n) is 13.7. The molecular formula is C20H18O5. The summed E-state index contributed by atoms with van der Waals surface area (Å²) >= 11 is 0. The van der Waals surface area contributed by atoms with Gasteiger partial charge in [0.05, 0.1) is 19.8 Å². The molecule has 0 N–H and O–H groups in total. The van der Waals surface area contributed by atoms with Crippen LogP contribution in [0.2, 0.25) is 0 Å². The van der Waals surface area contributed by atoms with E-state index in [4.69, 9.17) is 14.2 Å². The molecule has 0 bridgehead atoms. The van der Waals surface area contributed by atoms with E-state index in [1.807, 2.05) is 24.3 Å². The molecular weight excluding hydrogens is 320 g/mol. The van der Waals surface area contributed by atoms with E-state index in [1.54, 1.807) is 6.07 Å². The Morgan fingerprint density at radius 2 is 1.88 bits per heavy atom. The van der Waals surface area contributed by atoms with E-state index >= 15 is 0 Å². The van der Waals surface area contributed by atoms with Crippen LogP contribution in [0.25, 0.3) is 11.1 Å². The Morgan fingerprint density at radius 1 is 1.04 bits per heavy atom. The molecule has 1 atom stereocenters. The number of fused-ring (bicyclic) bond motifs is 3. The molecule has 2 aromatic rings. The van der Waals surface area contributed by atoms with Gasteiger partial charge in [0.15, 0.2) is 18.5 Å². The summed E-state index contributed by atoms with van der Waals surface area (Å²) in [6.45, 7) is 0.716. The highest BCUT2D eigenvalue weighted by Crippen LogP contribution is 2.36. The van der Waals surface area contributed by atoms with E-state index in [2.05, 4.69) is 12.1 Å². The van der Waals surface area contributed by atoms with Gasteiger partial charge in [-0.1, -0.05) is 36.4 Å². The van der Waals surface area contributed by atoms with E-state index in [0.717, 1.165) is 17.5 Å². The minimum atomic E-state index is -0.740. The van der Waals surface area contributed by atoms with Gasteiger partial charge >= 0.3 is 5.97 Å². The normalized spacial score (nSPS) is 18.3. The largest absolute Gasteiger partial charge is 0.455 e. The van der Waals surface area contributed by atoms with Crippen molar-refractivity contribution in [2.24, 2.45) is 0 Å². The fourth-order valence-electron chi connectivity index (χ4n) is 3.26. The predicted octanol–water partition coefficient (Wildman–Crippen LogP) is 2.40. The van der Waals surface area contributed by atoms with Gasteiger partial charge in [0.25, 0.3) is 0 Å². The number of Topliss-reactive ketones (excluding diaryl/α,β-unsaturated/α-hetero) is 1. The lowest BCUT2D eigenvalue weighted by molar-refractivity contribution is -0.169. The van der Waals surface area contributed by atoms with Crippen LogP contribution < -0.4 is 0 Å². The van der Waals surface area contributed by atoms with Crippen LogP contribution in [-0.4, -0.2) is 44.3 Å². The highest BCUT2D eigenvalue weighted by atomic mass is 16.6. The van der Waals surface area contributed by atoms with E-state index in [0.29, 0.717) is 18.8 Å². The molecule has 1 fully saturated rings. The number of ether oxygens (including phenoxy) is 3. The van der Waals surface area contributed by atoms with Crippen molar-refractivity contribution in [2.45, 2.75) is 12.5 Å². The van der Waals surface area contributed by atoms with Gasteiger partial charge in [0.1, 0.15) is 0 Å². The first kappa shape index (κ1) is 16.0. The third-order valence-electron chi connectivity index (χ3n) is 4.54. The molecule has 0 aromatic heterocycles. The van der Waals surface area contributed by atoms with E-state index in [9.17, 15) is 9.59 Å². The summed E-state index contributed by atoms with van der Waals surface area (Å²) in [6.07, 6.45) is 0.0794. The quantitative estimate of drug-likeness (QED) is 0.540. The van der Waals surface area contributed by atoms with Crippen molar-refractivity contribution >= 4 is 11.8 Å². The number of ketones is 1. The summed E-state index contributed by atoms with van der Waals surface area (Å²) < 4.78 is 15.5. The number of hydrogen-bond acceptors (Lipinski definition) is 5. The smallest absolute Gasteiger partial charge is 0.338 e. The molecule has 0 radical (unpaired) electrons. The maximum Gasteiger partial charge on any atom is 0.338 e. The number of esters is 1. The van der Waals surface area contributed by atoms with E-state index in [-0.39, 0.29) is 19.0 Å². The van der Waals surface area contributed by atoms with Crippen molar-refractivity contribution in [3.05, 3.63) is 59.2 Å². The Balaban J connectivity index is 1.42. The van der Waals surface area contributed by atoms with Crippen LogP contribution >= 0.6 is 0 Å². The van der Waals surface area contributed by atoms with Crippen LogP contribution in [0.1, 0.15) is 21.5 Å². The molecule has 2 aromatic carbocycles. The highest BCUT2D eigenvalue weighted by Gasteiger charge is 2.25. The first-order chi connectivity index (χ1) is 12.2.